The third-order valence-electron chi connectivity index (χ3n) is 2.42. The summed E-state index contributed by atoms with van der Waals surface area (Å²) >= 11 is 0. The summed E-state index contributed by atoms with van der Waals surface area (Å²) in [6, 6.07) is 0.237. The van der Waals surface area contributed by atoms with E-state index in [1.54, 1.807) is 0 Å². The minimum Gasteiger partial charge on any atom is -0.401 e. The highest BCUT2D eigenvalue weighted by Gasteiger charge is 2.11. The zero-order valence-corrected chi connectivity index (χ0v) is 11.0. The first kappa shape index (κ1) is 14.8. The minimum atomic E-state index is 0.237. The summed E-state index contributed by atoms with van der Waals surface area (Å²) in [6.07, 6.45) is 2.96. The molecule has 0 fully saturated rings. The minimum absolute atomic E-state index is 0.237. The summed E-state index contributed by atoms with van der Waals surface area (Å²) in [5.74, 6) is 0. The lowest BCUT2D eigenvalue weighted by molar-refractivity contribution is 0.535. The van der Waals surface area contributed by atoms with Crippen LogP contribution in [0.25, 0.3) is 0 Å². The van der Waals surface area contributed by atoms with Crippen molar-refractivity contribution < 1.29 is 0 Å². The molecule has 0 aromatic rings. The van der Waals surface area contributed by atoms with E-state index in [1.807, 2.05) is 25.1 Å². The van der Waals surface area contributed by atoms with Crippen molar-refractivity contribution >= 4 is 0 Å². The van der Waals surface area contributed by atoms with Gasteiger partial charge in [0.05, 0.1) is 0 Å². The zero-order chi connectivity index (χ0) is 12.7. The van der Waals surface area contributed by atoms with Gasteiger partial charge in [0.25, 0.3) is 0 Å². The Kier molecular flexibility index (Phi) is 6.58. The van der Waals surface area contributed by atoms with Gasteiger partial charge in [0.1, 0.15) is 0 Å². The fraction of sp³-hybridized carbons (Fsp3) is 0.538. The predicted octanol–water partition coefficient (Wildman–Crippen LogP) is 2.20. The van der Waals surface area contributed by atoms with Gasteiger partial charge in [-0.05, 0) is 32.4 Å². The average Bonchev–Trinajstić information content (AvgIpc) is 2.22. The molecule has 3 N–H and O–H groups in total. The molecule has 0 aliphatic heterocycles. The van der Waals surface area contributed by atoms with E-state index in [2.05, 4.69) is 32.3 Å². The van der Waals surface area contributed by atoms with Crippen LogP contribution < -0.4 is 11.1 Å². The number of hydrogen-bond donors (Lipinski definition) is 2. The highest BCUT2D eigenvalue weighted by atomic mass is 15.1. The predicted molar refractivity (Wildman–Crippen MR) is 71.7 cm³/mol. The molecule has 0 heterocycles. The third kappa shape index (κ3) is 5.03. The molecule has 0 saturated carbocycles. The molecule has 0 amide bonds. The van der Waals surface area contributed by atoms with Crippen LogP contribution in [0, 0.1) is 0 Å². The third-order valence-corrected chi connectivity index (χ3v) is 2.42. The highest BCUT2D eigenvalue weighted by molar-refractivity contribution is 5.29. The fourth-order valence-corrected chi connectivity index (χ4v) is 1.34. The van der Waals surface area contributed by atoms with Crippen LogP contribution in [0.4, 0.5) is 0 Å². The summed E-state index contributed by atoms with van der Waals surface area (Å²) in [7, 11) is 1.93. The van der Waals surface area contributed by atoms with Crippen molar-refractivity contribution in [2.45, 2.75) is 33.2 Å². The maximum absolute atomic E-state index is 5.62. The monoisotopic (exact) mass is 223 g/mol. The van der Waals surface area contributed by atoms with Gasteiger partial charge in [0.2, 0.25) is 0 Å². The van der Waals surface area contributed by atoms with Crippen LogP contribution in [0.5, 0.6) is 0 Å². The fourth-order valence-electron chi connectivity index (χ4n) is 1.34. The largest absolute Gasteiger partial charge is 0.401 e. The number of nitrogens with one attached hydrogen (secondary N) is 1. The topological polar surface area (TPSA) is 41.3 Å². The molecule has 92 valence electrons. The Balaban J connectivity index is 4.38. The first-order valence-electron chi connectivity index (χ1n) is 5.68. The van der Waals surface area contributed by atoms with Crippen LogP contribution >= 0.6 is 0 Å². The lowest BCUT2D eigenvalue weighted by atomic mass is 10.1. The lowest BCUT2D eigenvalue weighted by Crippen LogP contribution is -2.31. The molecule has 1 unspecified atom stereocenters. The number of rotatable bonds is 7. The Bertz CT molecular complexity index is 275. The van der Waals surface area contributed by atoms with Crippen molar-refractivity contribution in [3.63, 3.8) is 0 Å². The zero-order valence-electron chi connectivity index (χ0n) is 11.0. The normalized spacial score (nSPS) is 13.4. The Morgan fingerprint density at radius 1 is 1.50 bits per heavy atom. The highest BCUT2D eigenvalue weighted by Crippen LogP contribution is 2.14. The van der Waals surface area contributed by atoms with Crippen molar-refractivity contribution in [2.75, 3.05) is 13.6 Å². The molecule has 0 aromatic heterocycles. The van der Waals surface area contributed by atoms with Crippen LogP contribution in [-0.4, -0.2) is 24.5 Å². The maximum Gasteiger partial charge on any atom is 0.0373 e. The van der Waals surface area contributed by atoms with Gasteiger partial charge in [-0.2, -0.15) is 0 Å². The van der Waals surface area contributed by atoms with Gasteiger partial charge in [0, 0.05) is 30.7 Å². The molecule has 16 heavy (non-hydrogen) atoms. The standard InChI is InChI=1S/C13H25N3/c1-7-8-15-12(4)11(3)13(5)16(6)9-10(2)14/h9,12,15H,3,5,7-8,14H2,1-2,4,6H3/b10-9+. The van der Waals surface area contributed by atoms with Gasteiger partial charge in [-0.25, -0.2) is 0 Å². The SMILES string of the molecule is C=C(C(=C)N(C)/C=C(\C)N)C(C)NCCC. The van der Waals surface area contributed by atoms with E-state index in [1.165, 1.54) is 0 Å². The van der Waals surface area contributed by atoms with E-state index < -0.39 is 0 Å². The summed E-state index contributed by atoms with van der Waals surface area (Å²) in [5, 5.41) is 3.38. The summed E-state index contributed by atoms with van der Waals surface area (Å²) < 4.78 is 0. The van der Waals surface area contributed by atoms with Crippen molar-refractivity contribution in [2.24, 2.45) is 5.73 Å². The quantitative estimate of drug-likeness (QED) is 0.650. The number of allylic oxidation sites excluding steroid dienone is 1. The van der Waals surface area contributed by atoms with E-state index in [4.69, 9.17) is 5.73 Å². The molecule has 3 nitrogen and oxygen atoms in total. The molecule has 0 bridgehead atoms. The molecule has 0 aliphatic carbocycles. The van der Waals surface area contributed by atoms with Gasteiger partial charge in [-0.1, -0.05) is 20.1 Å². The van der Waals surface area contributed by atoms with Gasteiger partial charge in [-0.3, -0.25) is 0 Å². The molecule has 0 aliphatic rings. The second kappa shape index (κ2) is 7.12. The van der Waals surface area contributed by atoms with E-state index in [-0.39, 0.29) is 6.04 Å². The van der Waals surface area contributed by atoms with Crippen LogP contribution in [0.15, 0.2) is 36.3 Å². The van der Waals surface area contributed by atoms with Gasteiger partial charge in [0.15, 0.2) is 0 Å². The lowest BCUT2D eigenvalue weighted by Gasteiger charge is -2.24. The van der Waals surface area contributed by atoms with E-state index in [0.717, 1.165) is 29.9 Å². The first-order chi connectivity index (χ1) is 7.40. The second-order valence-electron chi connectivity index (χ2n) is 4.13. The Hall–Kier alpha value is -1.22. The van der Waals surface area contributed by atoms with E-state index >= 15 is 0 Å². The molecule has 0 spiro atoms. The average molecular weight is 223 g/mol. The number of nitrogens with two attached hydrogens (primary N) is 1. The van der Waals surface area contributed by atoms with Crippen molar-refractivity contribution in [1.29, 1.82) is 0 Å². The molecule has 0 aromatic carbocycles. The molecule has 0 radical (unpaired) electrons. The van der Waals surface area contributed by atoms with Gasteiger partial charge >= 0.3 is 0 Å². The smallest absolute Gasteiger partial charge is 0.0373 e. The summed E-state index contributed by atoms with van der Waals surface area (Å²) in [4.78, 5) is 1.90. The van der Waals surface area contributed by atoms with Crippen LogP contribution in [-0.2, 0) is 0 Å². The Morgan fingerprint density at radius 3 is 2.50 bits per heavy atom. The van der Waals surface area contributed by atoms with Crippen molar-refractivity contribution in [3.05, 3.63) is 36.3 Å². The number of nitrogens with zero attached hydrogens (tertiary/aromatic N) is 1. The molecule has 0 rings (SSSR count). The summed E-state index contributed by atoms with van der Waals surface area (Å²) in [6.45, 7) is 15.2. The van der Waals surface area contributed by atoms with Gasteiger partial charge in [-0.15, -0.1) is 0 Å². The maximum atomic E-state index is 5.62. The number of likely N-dealkylation sites (N-methyl/N-ethyl adjacent to an activating group) is 1. The number of hydrogen-bond acceptors (Lipinski definition) is 3. The van der Waals surface area contributed by atoms with Crippen LogP contribution in [0.3, 0.4) is 0 Å². The second-order valence-corrected chi connectivity index (χ2v) is 4.13. The molecular weight excluding hydrogens is 198 g/mol. The van der Waals surface area contributed by atoms with Gasteiger partial charge < -0.3 is 16.0 Å². The first-order valence-corrected chi connectivity index (χ1v) is 5.68. The Labute approximate surface area is 99.7 Å². The van der Waals surface area contributed by atoms with Crippen LogP contribution in [0.2, 0.25) is 0 Å². The molecule has 0 saturated heterocycles. The molecule has 3 heteroatoms. The van der Waals surface area contributed by atoms with Crippen molar-refractivity contribution in [3.8, 4) is 0 Å². The van der Waals surface area contributed by atoms with E-state index in [0.29, 0.717) is 0 Å². The molecule has 1 atom stereocenters. The summed E-state index contributed by atoms with van der Waals surface area (Å²) in [5.41, 5.74) is 8.26. The van der Waals surface area contributed by atoms with Crippen LogP contribution in [0.1, 0.15) is 27.2 Å². The van der Waals surface area contributed by atoms with Crippen molar-refractivity contribution in [1.82, 2.24) is 10.2 Å². The van der Waals surface area contributed by atoms with E-state index in [9.17, 15) is 0 Å². The molecular formula is C13H25N3. The Morgan fingerprint density at radius 2 is 2.06 bits per heavy atom.